The van der Waals surface area contributed by atoms with E-state index in [2.05, 4.69) is 4.98 Å². The van der Waals surface area contributed by atoms with Crippen molar-refractivity contribution in [1.82, 2.24) is 4.98 Å². The van der Waals surface area contributed by atoms with Gasteiger partial charge in [0.15, 0.2) is 5.69 Å². The molecule has 0 aliphatic heterocycles. The summed E-state index contributed by atoms with van der Waals surface area (Å²) in [5, 5.41) is 0. The van der Waals surface area contributed by atoms with Crippen LogP contribution < -0.4 is 4.74 Å². The number of aromatic nitrogens is 1. The average Bonchev–Trinajstić information content (AvgIpc) is 3.08. The van der Waals surface area contributed by atoms with Crippen molar-refractivity contribution >= 4 is 12.0 Å². The van der Waals surface area contributed by atoms with Crippen molar-refractivity contribution in [2.75, 3.05) is 20.3 Å². The Morgan fingerprint density at radius 1 is 1.29 bits per heavy atom. The molecule has 1 aromatic carbocycles. The van der Waals surface area contributed by atoms with Gasteiger partial charge in [-0.2, -0.15) is 0 Å². The lowest BCUT2D eigenvalue weighted by Gasteiger charge is -2.04. The first-order valence-electron chi connectivity index (χ1n) is 7.72. The molecule has 0 atom stereocenters. The van der Waals surface area contributed by atoms with Gasteiger partial charge >= 0.3 is 5.97 Å². The minimum absolute atomic E-state index is 0.173. The lowest BCUT2D eigenvalue weighted by atomic mass is 10.2. The predicted octanol–water partition coefficient (Wildman–Crippen LogP) is 3.48. The number of benzene rings is 1. The van der Waals surface area contributed by atoms with E-state index in [1.165, 1.54) is 6.26 Å². The van der Waals surface area contributed by atoms with Gasteiger partial charge in [-0.15, -0.1) is 0 Å². The molecule has 2 aromatic rings. The quantitative estimate of drug-likeness (QED) is 0.517. The van der Waals surface area contributed by atoms with Crippen molar-refractivity contribution in [2.24, 2.45) is 0 Å². The van der Waals surface area contributed by atoms with Crippen LogP contribution in [-0.4, -0.2) is 31.3 Å². The number of hydrogen-bond donors (Lipinski definition) is 0. The third kappa shape index (κ3) is 5.55. The van der Waals surface area contributed by atoms with Crippen molar-refractivity contribution in [3.8, 4) is 5.75 Å². The zero-order valence-corrected chi connectivity index (χ0v) is 13.9. The molecule has 6 heteroatoms. The van der Waals surface area contributed by atoms with E-state index in [4.69, 9.17) is 18.6 Å². The Hall–Kier alpha value is -2.60. The predicted molar refractivity (Wildman–Crippen MR) is 88.8 cm³/mol. The van der Waals surface area contributed by atoms with E-state index in [1.54, 1.807) is 20.1 Å². The average molecular weight is 331 g/mol. The molecule has 0 amide bonds. The monoisotopic (exact) mass is 331 g/mol. The lowest BCUT2D eigenvalue weighted by Crippen LogP contribution is -2.04. The van der Waals surface area contributed by atoms with E-state index in [-0.39, 0.29) is 5.69 Å². The van der Waals surface area contributed by atoms with E-state index in [1.807, 2.05) is 30.3 Å². The Labute approximate surface area is 141 Å². The Kier molecular flexibility index (Phi) is 7.04. The normalized spacial score (nSPS) is 10.9. The highest BCUT2D eigenvalue weighted by molar-refractivity contribution is 5.86. The summed E-state index contributed by atoms with van der Waals surface area (Å²) in [5.74, 6) is 0.715. The molecule has 0 N–H and O–H groups in total. The first-order valence-corrected chi connectivity index (χ1v) is 7.72. The topological polar surface area (TPSA) is 70.8 Å². The van der Waals surface area contributed by atoms with Gasteiger partial charge in [0.05, 0.1) is 26.9 Å². The Balaban J connectivity index is 1.68. The van der Waals surface area contributed by atoms with Crippen molar-refractivity contribution in [2.45, 2.75) is 20.0 Å². The van der Waals surface area contributed by atoms with Gasteiger partial charge in [-0.1, -0.05) is 18.2 Å². The van der Waals surface area contributed by atoms with Crippen LogP contribution in [0.5, 0.6) is 5.75 Å². The minimum atomic E-state index is -0.483. The molecule has 0 unspecified atom stereocenters. The number of esters is 1. The number of nitrogens with zero attached hydrogens (tertiary/aromatic N) is 1. The first-order chi connectivity index (χ1) is 11.7. The number of oxazole rings is 1. The molecule has 2 rings (SSSR count). The summed E-state index contributed by atoms with van der Waals surface area (Å²) in [6.45, 7) is 3.17. The second-order valence-electron chi connectivity index (χ2n) is 4.88. The summed E-state index contributed by atoms with van der Waals surface area (Å²) in [6.07, 6.45) is 5.60. The molecule has 0 radical (unpaired) electrons. The fraction of sp³-hybridized carbons (Fsp3) is 0.333. The van der Waals surface area contributed by atoms with Crippen LogP contribution in [0.15, 0.2) is 41.0 Å². The molecule has 0 aliphatic carbocycles. The number of ether oxygens (including phenoxy) is 3. The number of methoxy groups -OCH3 is 1. The molecule has 128 valence electrons. The summed E-state index contributed by atoms with van der Waals surface area (Å²) >= 11 is 0. The van der Waals surface area contributed by atoms with E-state index >= 15 is 0 Å². The van der Waals surface area contributed by atoms with Crippen molar-refractivity contribution in [3.63, 3.8) is 0 Å². The fourth-order valence-electron chi connectivity index (χ4n) is 1.91. The maximum Gasteiger partial charge on any atom is 0.360 e. The van der Waals surface area contributed by atoms with Gasteiger partial charge in [-0.3, -0.25) is 0 Å². The molecule has 24 heavy (non-hydrogen) atoms. The molecule has 0 fully saturated rings. The molecule has 0 aliphatic rings. The molecular formula is C18H21NO5. The third-order valence-corrected chi connectivity index (χ3v) is 3.12. The highest BCUT2D eigenvalue weighted by Crippen LogP contribution is 2.12. The lowest BCUT2D eigenvalue weighted by molar-refractivity contribution is 0.0519. The molecule has 1 aromatic heterocycles. The molecule has 0 saturated carbocycles. The first kappa shape index (κ1) is 17.7. The fourth-order valence-corrected chi connectivity index (χ4v) is 1.91. The third-order valence-electron chi connectivity index (χ3n) is 3.12. The Morgan fingerprint density at radius 2 is 2.08 bits per heavy atom. The van der Waals surface area contributed by atoms with Crippen molar-refractivity contribution in [1.29, 1.82) is 0 Å². The second-order valence-corrected chi connectivity index (χ2v) is 4.88. The zero-order chi connectivity index (χ0) is 17.2. The van der Waals surface area contributed by atoms with Crippen LogP contribution >= 0.6 is 0 Å². The van der Waals surface area contributed by atoms with Gasteiger partial charge < -0.3 is 18.6 Å². The Morgan fingerprint density at radius 3 is 2.79 bits per heavy atom. The number of hydrogen-bond acceptors (Lipinski definition) is 6. The molecule has 1 heterocycles. The zero-order valence-electron chi connectivity index (χ0n) is 13.9. The van der Waals surface area contributed by atoms with Crippen LogP contribution in [0.25, 0.3) is 6.08 Å². The number of rotatable bonds is 9. The van der Waals surface area contributed by atoms with Crippen LogP contribution in [0.2, 0.25) is 0 Å². The molecular weight excluding hydrogens is 310 g/mol. The van der Waals surface area contributed by atoms with Gasteiger partial charge in [-0.05, 0) is 37.1 Å². The number of carbonyl (C=O) groups excluding carboxylic acids is 1. The second kappa shape index (κ2) is 9.52. The summed E-state index contributed by atoms with van der Waals surface area (Å²) in [6, 6.07) is 7.75. The van der Waals surface area contributed by atoms with Crippen LogP contribution in [0.1, 0.15) is 35.3 Å². The van der Waals surface area contributed by atoms with Crippen LogP contribution in [0, 0.1) is 0 Å². The summed E-state index contributed by atoms with van der Waals surface area (Å²) in [4.78, 5) is 15.5. The van der Waals surface area contributed by atoms with Gasteiger partial charge in [-0.25, -0.2) is 9.78 Å². The minimum Gasteiger partial charge on any atom is -0.497 e. The molecule has 6 nitrogen and oxygen atoms in total. The van der Waals surface area contributed by atoms with E-state index in [9.17, 15) is 4.79 Å². The SMILES string of the molecule is CCOC(=O)c1coc(/C=C/CCOCc2ccc(OC)cc2)n1. The van der Waals surface area contributed by atoms with Gasteiger partial charge in [0.2, 0.25) is 5.89 Å². The van der Waals surface area contributed by atoms with Crippen LogP contribution in [0.3, 0.4) is 0 Å². The van der Waals surface area contributed by atoms with Crippen molar-refractivity contribution < 1.29 is 23.4 Å². The van der Waals surface area contributed by atoms with Crippen molar-refractivity contribution in [3.05, 3.63) is 53.8 Å². The molecule has 0 saturated heterocycles. The standard InChI is InChI=1S/C18H21NO5/c1-3-23-18(20)16-13-24-17(19-16)6-4-5-11-22-12-14-7-9-15(21-2)10-8-14/h4,6-10,13H,3,5,11-12H2,1-2H3/b6-4+. The largest absolute Gasteiger partial charge is 0.497 e. The highest BCUT2D eigenvalue weighted by atomic mass is 16.5. The van der Waals surface area contributed by atoms with Gasteiger partial charge in [0, 0.05) is 0 Å². The molecule has 0 spiro atoms. The van der Waals surface area contributed by atoms with Gasteiger partial charge in [0.25, 0.3) is 0 Å². The number of carbonyl (C=O) groups is 1. The van der Waals surface area contributed by atoms with E-state index in [0.29, 0.717) is 32.1 Å². The highest BCUT2D eigenvalue weighted by Gasteiger charge is 2.11. The molecule has 0 bridgehead atoms. The smallest absolute Gasteiger partial charge is 0.360 e. The van der Waals surface area contributed by atoms with Crippen LogP contribution in [-0.2, 0) is 16.1 Å². The van der Waals surface area contributed by atoms with Gasteiger partial charge in [0.1, 0.15) is 12.0 Å². The maximum atomic E-state index is 11.5. The van der Waals surface area contributed by atoms with E-state index < -0.39 is 5.97 Å². The maximum absolute atomic E-state index is 11.5. The summed E-state index contributed by atoms with van der Waals surface area (Å²) in [7, 11) is 1.64. The summed E-state index contributed by atoms with van der Waals surface area (Å²) in [5.41, 5.74) is 1.26. The van der Waals surface area contributed by atoms with E-state index in [0.717, 1.165) is 11.3 Å². The summed E-state index contributed by atoms with van der Waals surface area (Å²) < 4.78 is 20.7. The Bertz CT molecular complexity index is 660. The van der Waals surface area contributed by atoms with Crippen LogP contribution in [0.4, 0.5) is 0 Å².